The van der Waals surface area contributed by atoms with E-state index in [2.05, 4.69) is 5.32 Å². The van der Waals surface area contributed by atoms with Gasteiger partial charge in [0.05, 0.1) is 10.6 Å². The Bertz CT molecular complexity index is 1650. The van der Waals surface area contributed by atoms with Crippen molar-refractivity contribution >= 4 is 27.5 Å². The average Bonchev–Trinajstić information content (AvgIpc) is 3.03. The molecule has 8 nitrogen and oxygen atoms in total. The summed E-state index contributed by atoms with van der Waals surface area (Å²) >= 11 is 0. The van der Waals surface area contributed by atoms with Crippen LogP contribution in [0.15, 0.2) is 114 Å². The summed E-state index contributed by atoms with van der Waals surface area (Å²) in [4.78, 5) is 28.8. The zero-order valence-corrected chi connectivity index (χ0v) is 26.3. The van der Waals surface area contributed by atoms with Crippen molar-refractivity contribution < 1.29 is 22.7 Å². The maximum atomic E-state index is 14.1. The molecule has 9 heteroatoms. The van der Waals surface area contributed by atoms with Crippen LogP contribution >= 0.6 is 0 Å². The van der Waals surface area contributed by atoms with Gasteiger partial charge in [-0.25, -0.2) is 8.42 Å². The first-order chi connectivity index (χ1) is 21.1. The molecule has 0 heterocycles. The van der Waals surface area contributed by atoms with Gasteiger partial charge in [0, 0.05) is 12.6 Å². The molecule has 0 aliphatic carbocycles. The highest BCUT2D eigenvalue weighted by Crippen LogP contribution is 2.28. The van der Waals surface area contributed by atoms with Crippen molar-refractivity contribution in [3.63, 3.8) is 0 Å². The highest BCUT2D eigenvalue weighted by Gasteiger charge is 2.32. The first-order valence-corrected chi connectivity index (χ1v) is 16.1. The van der Waals surface area contributed by atoms with E-state index in [1.165, 1.54) is 17.0 Å². The Kier molecular flexibility index (Phi) is 10.8. The van der Waals surface area contributed by atoms with Crippen LogP contribution in [0.5, 0.6) is 11.5 Å². The summed E-state index contributed by atoms with van der Waals surface area (Å²) in [5.74, 6) is 0.336. The molecule has 44 heavy (non-hydrogen) atoms. The SMILES string of the molecule is CC[C@H](C)NC(=O)[C@@H](C)N(Cc1cccc(C)c1)C(=O)CN(c1ccc(Oc2ccccc2)cc1)S(=O)(=O)c1ccccc1. The van der Waals surface area contributed by atoms with Gasteiger partial charge in [-0.3, -0.25) is 13.9 Å². The average molecular weight is 614 g/mol. The lowest BCUT2D eigenvalue weighted by Gasteiger charge is -2.32. The molecule has 2 amide bonds. The third kappa shape index (κ3) is 8.26. The number of amides is 2. The molecule has 4 rings (SSSR count). The Morgan fingerprint density at radius 2 is 1.43 bits per heavy atom. The first-order valence-electron chi connectivity index (χ1n) is 14.6. The fourth-order valence-electron chi connectivity index (χ4n) is 4.61. The molecule has 0 aliphatic heterocycles. The van der Waals surface area contributed by atoms with Crippen molar-refractivity contribution in [3.05, 3.63) is 120 Å². The molecule has 230 valence electrons. The number of hydrogen-bond donors (Lipinski definition) is 1. The molecular weight excluding hydrogens is 574 g/mol. The van der Waals surface area contributed by atoms with Crippen LogP contribution in [0.25, 0.3) is 0 Å². The number of nitrogens with zero attached hydrogens (tertiary/aromatic N) is 2. The second-order valence-electron chi connectivity index (χ2n) is 10.7. The van der Waals surface area contributed by atoms with Gasteiger partial charge < -0.3 is 15.0 Å². The van der Waals surface area contributed by atoms with E-state index in [9.17, 15) is 18.0 Å². The zero-order chi connectivity index (χ0) is 31.7. The van der Waals surface area contributed by atoms with E-state index in [0.29, 0.717) is 11.5 Å². The molecule has 0 spiro atoms. The minimum atomic E-state index is -4.16. The van der Waals surface area contributed by atoms with E-state index < -0.39 is 28.5 Å². The first kappa shape index (κ1) is 32.3. The van der Waals surface area contributed by atoms with Crippen molar-refractivity contribution in [2.45, 2.75) is 57.6 Å². The van der Waals surface area contributed by atoms with E-state index in [1.54, 1.807) is 49.4 Å². The van der Waals surface area contributed by atoms with Crippen LogP contribution < -0.4 is 14.4 Å². The lowest BCUT2D eigenvalue weighted by molar-refractivity contribution is -0.139. The largest absolute Gasteiger partial charge is 0.457 e. The molecule has 4 aromatic carbocycles. The standard InChI is InChI=1S/C35H39N3O5S/c1-5-27(3)36-35(40)28(4)37(24-29-14-12-13-26(2)23-29)34(39)25-38(44(41,42)33-17-10-7-11-18-33)30-19-21-32(22-20-30)43-31-15-8-6-9-16-31/h6-23,27-28H,5,24-25H2,1-4H3,(H,36,40)/t27-,28+/m0/s1. The number of carbonyl (C=O) groups is 2. The van der Waals surface area contributed by atoms with Crippen LogP contribution in [0, 0.1) is 6.92 Å². The molecule has 0 saturated carbocycles. The lowest BCUT2D eigenvalue weighted by atomic mass is 10.1. The summed E-state index contributed by atoms with van der Waals surface area (Å²) in [6.07, 6.45) is 0.733. The van der Waals surface area contributed by atoms with Crippen molar-refractivity contribution in [1.29, 1.82) is 0 Å². The van der Waals surface area contributed by atoms with Crippen LogP contribution in [-0.2, 0) is 26.2 Å². The van der Waals surface area contributed by atoms with Gasteiger partial charge >= 0.3 is 0 Å². The number of ether oxygens (including phenoxy) is 1. The Balaban J connectivity index is 1.69. The predicted molar refractivity (Wildman–Crippen MR) is 173 cm³/mol. The number of rotatable bonds is 13. The molecule has 0 fully saturated rings. The van der Waals surface area contributed by atoms with Gasteiger partial charge in [0.1, 0.15) is 24.1 Å². The molecule has 1 N–H and O–H groups in total. The second kappa shape index (κ2) is 14.7. The maximum absolute atomic E-state index is 14.1. The van der Waals surface area contributed by atoms with Crippen LogP contribution in [0.3, 0.4) is 0 Å². The van der Waals surface area contributed by atoms with Crippen molar-refractivity contribution in [2.75, 3.05) is 10.8 Å². The number of carbonyl (C=O) groups excluding carboxylic acids is 2. The number of aryl methyl sites for hydroxylation is 1. The molecular formula is C35H39N3O5S. The number of benzene rings is 4. The summed E-state index contributed by atoms with van der Waals surface area (Å²) in [6.45, 7) is 7.11. The molecule has 2 atom stereocenters. The molecule has 0 aromatic heterocycles. The Labute approximate surface area is 260 Å². The summed E-state index contributed by atoms with van der Waals surface area (Å²) in [5.41, 5.74) is 2.13. The Hall–Kier alpha value is -4.63. The van der Waals surface area contributed by atoms with E-state index >= 15 is 0 Å². The van der Waals surface area contributed by atoms with Crippen LogP contribution in [0.1, 0.15) is 38.3 Å². The second-order valence-corrected chi connectivity index (χ2v) is 12.6. The Morgan fingerprint density at radius 1 is 0.818 bits per heavy atom. The van der Waals surface area contributed by atoms with Crippen LogP contribution in [0.2, 0.25) is 0 Å². The summed E-state index contributed by atoms with van der Waals surface area (Å²) in [5, 5.41) is 2.95. The zero-order valence-electron chi connectivity index (χ0n) is 25.5. The monoisotopic (exact) mass is 613 g/mol. The van der Waals surface area contributed by atoms with E-state index in [0.717, 1.165) is 21.9 Å². The van der Waals surface area contributed by atoms with Crippen molar-refractivity contribution in [1.82, 2.24) is 10.2 Å². The predicted octanol–water partition coefficient (Wildman–Crippen LogP) is 6.31. The van der Waals surface area contributed by atoms with Gasteiger partial charge in [0.2, 0.25) is 11.8 Å². The molecule has 4 aromatic rings. The topological polar surface area (TPSA) is 96.0 Å². The van der Waals surface area contributed by atoms with Gasteiger partial charge in [0.25, 0.3) is 10.0 Å². The third-order valence-corrected chi connectivity index (χ3v) is 9.11. The van der Waals surface area contributed by atoms with Gasteiger partial charge in [-0.1, -0.05) is 73.2 Å². The van der Waals surface area contributed by atoms with Crippen LogP contribution in [0.4, 0.5) is 5.69 Å². The molecule has 0 bridgehead atoms. The van der Waals surface area contributed by atoms with Crippen molar-refractivity contribution in [2.24, 2.45) is 0 Å². The van der Waals surface area contributed by atoms with Gasteiger partial charge in [-0.15, -0.1) is 0 Å². The fraction of sp³-hybridized carbons (Fsp3) is 0.257. The lowest BCUT2D eigenvalue weighted by Crippen LogP contribution is -2.52. The third-order valence-electron chi connectivity index (χ3n) is 7.32. The Morgan fingerprint density at radius 3 is 2.05 bits per heavy atom. The van der Waals surface area contributed by atoms with Gasteiger partial charge in [-0.2, -0.15) is 0 Å². The smallest absolute Gasteiger partial charge is 0.264 e. The highest BCUT2D eigenvalue weighted by atomic mass is 32.2. The van der Waals surface area contributed by atoms with E-state index in [1.807, 2.05) is 75.4 Å². The minimum absolute atomic E-state index is 0.0465. The van der Waals surface area contributed by atoms with E-state index in [-0.39, 0.29) is 29.1 Å². The van der Waals surface area contributed by atoms with Gasteiger partial charge in [0.15, 0.2) is 0 Å². The minimum Gasteiger partial charge on any atom is -0.457 e. The van der Waals surface area contributed by atoms with Gasteiger partial charge in [-0.05, 0) is 81.3 Å². The summed E-state index contributed by atoms with van der Waals surface area (Å²) in [7, 11) is -4.16. The molecule has 0 aliphatic rings. The van der Waals surface area contributed by atoms with Crippen LogP contribution in [-0.4, -0.2) is 43.8 Å². The summed E-state index contributed by atoms with van der Waals surface area (Å²) < 4.78 is 35.0. The number of para-hydroxylation sites is 1. The summed E-state index contributed by atoms with van der Waals surface area (Å²) in [6, 6.07) is 30.5. The van der Waals surface area contributed by atoms with E-state index in [4.69, 9.17) is 4.74 Å². The number of hydrogen-bond acceptors (Lipinski definition) is 5. The normalized spacial score (nSPS) is 12.5. The number of sulfonamides is 1. The highest BCUT2D eigenvalue weighted by molar-refractivity contribution is 7.92. The quantitative estimate of drug-likeness (QED) is 0.191. The molecule has 0 radical (unpaired) electrons. The van der Waals surface area contributed by atoms with Crippen molar-refractivity contribution in [3.8, 4) is 11.5 Å². The fourth-order valence-corrected chi connectivity index (χ4v) is 6.04. The molecule has 0 saturated heterocycles. The number of anilines is 1. The number of nitrogens with one attached hydrogen (secondary N) is 1. The maximum Gasteiger partial charge on any atom is 0.264 e. The molecule has 0 unspecified atom stereocenters.